The van der Waals surface area contributed by atoms with Gasteiger partial charge in [0.15, 0.2) is 0 Å². The Bertz CT molecular complexity index is 1010. The Balaban J connectivity index is 1.37. The van der Waals surface area contributed by atoms with Gasteiger partial charge < -0.3 is 19.9 Å². The number of benzene rings is 2. The molecule has 1 N–H and O–H groups in total. The van der Waals surface area contributed by atoms with Gasteiger partial charge in [-0.2, -0.15) is 0 Å². The predicted molar refractivity (Wildman–Crippen MR) is 117 cm³/mol. The molecule has 168 valence electrons. The summed E-state index contributed by atoms with van der Waals surface area (Å²) < 4.78 is 20.3. The highest BCUT2D eigenvalue weighted by atomic mass is 19.1. The van der Waals surface area contributed by atoms with Crippen molar-refractivity contribution in [1.29, 1.82) is 0 Å². The molecule has 2 saturated heterocycles. The number of anilines is 1. The lowest BCUT2D eigenvalue weighted by atomic mass is 9.95. The molecule has 2 aliphatic heterocycles. The van der Waals surface area contributed by atoms with Crippen molar-refractivity contribution in [3.8, 4) is 0 Å². The van der Waals surface area contributed by atoms with Gasteiger partial charge in [0.1, 0.15) is 11.9 Å². The topological polar surface area (TPSA) is 79.0 Å². The van der Waals surface area contributed by atoms with Crippen LogP contribution in [0.25, 0.3) is 0 Å². The number of ether oxygens (including phenoxy) is 1. The molecule has 0 aliphatic carbocycles. The number of hydrogen-bond acceptors (Lipinski definition) is 5. The molecule has 0 saturated carbocycles. The first-order valence-electron chi connectivity index (χ1n) is 10.8. The van der Waals surface area contributed by atoms with Gasteiger partial charge in [0.25, 0.3) is 5.91 Å². The number of piperazine rings is 1. The third kappa shape index (κ3) is 4.74. The minimum absolute atomic E-state index is 0.0189. The van der Waals surface area contributed by atoms with E-state index in [0.717, 1.165) is 0 Å². The monoisotopic (exact) mass is 439 g/mol. The normalized spacial score (nSPS) is 20.8. The third-order valence-corrected chi connectivity index (χ3v) is 5.95. The van der Waals surface area contributed by atoms with Gasteiger partial charge in [-0.05, 0) is 29.8 Å². The van der Waals surface area contributed by atoms with E-state index in [1.54, 1.807) is 29.2 Å². The van der Waals surface area contributed by atoms with Crippen LogP contribution in [-0.4, -0.2) is 61.5 Å². The van der Waals surface area contributed by atoms with Crippen LogP contribution in [0.3, 0.4) is 0 Å². The average molecular weight is 439 g/mol. The van der Waals surface area contributed by atoms with E-state index >= 15 is 0 Å². The summed E-state index contributed by atoms with van der Waals surface area (Å²) in [5, 5.41) is 2.64. The van der Waals surface area contributed by atoms with Crippen molar-refractivity contribution in [2.75, 3.05) is 37.6 Å². The molecule has 2 aliphatic rings. The minimum atomic E-state index is -0.544. The van der Waals surface area contributed by atoms with E-state index in [-0.39, 0.29) is 18.4 Å². The van der Waals surface area contributed by atoms with Crippen LogP contribution in [0.2, 0.25) is 0 Å². The molecule has 0 aromatic heterocycles. The molecule has 0 radical (unpaired) electrons. The zero-order valence-electron chi connectivity index (χ0n) is 17.9. The van der Waals surface area contributed by atoms with Gasteiger partial charge in [-0.15, -0.1) is 0 Å². The number of nitrogens with one attached hydrogen (secondary N) is 1. The smallest absolute Gasteiger partial charge is 0.313 e. The van der Waals surface area contributed by atoms with Gasteiger partial charge in [-0.25, -0.2) is 4.39 Å². The van der Waals surface area contributed by atoms with Crippen molar-refractivity contribution in [1.82, 2.24) is 10.2 Å². The lowest BCUT2D eigenvalue weighted by Gasteiger charge is -2.36. The zero-order valence-corrected chi connectivity index (χ0v) is 17.9. The molecule has 2 fully saturated rings. The molecule has 0 bridgehead atoms. The summed E-state index contributed by atoms with van der Waals surface area (Å²) >= 11 is 0. The van der Waals surface area contributed by atoms with Crippen LogP contribution in [-0.2, 0) is 14.3 Å². The summed E-state index contributed by atoms with van der Waals surface area (Å²) in [6.07, 6.45) is -0.00703. The number of halogens is 1. The average Bonchev–Trinajstić information content (AvgIpc) is 3.18. The Labute approximate surface area is 186 Å². The highest BCUT2D eigenvalue weighted by molar-refractivity contribution is 5.94. The maximum atomic E-state index is 15.0. The molecular weight excluding hydrogens is 413 g/mol. The van der Waals surface area contributed by atoms with Crippen molar-refractivity contribution in [2.45, 2.75) is 25.4 Å². The van der Waals surface area contributed by atoms with Crippen LogP contribution in [0.5, 0.6) is 0 Å². The number of hydrogen-bond donors (Lipinski definition) is 1. The van der Waals surface area contributed by atoms with Crippen LogP contribution in [0.15, 0.2) is 48.5 Å². The summed E-state index contributed by atoms with van der Waals surface area (Å²) in [5.74, 6) is -1.55. The molecule has 4 rings (SSSR count). The van der Waals surface area contributed by atoms with Crippen molar-refractivity contribution in [2.24, 2.45) is 0 Å². The Morgan fingerprint density at radius 3 is 2.47 bits per heavy atom. The van der Waals surface area contributed by atoms with E-state index in [2.05, 4.69) is 5.32 Å². The highest BCUT2D eigenvalue weighted by Gasteiger charge is 2.36. The molecule has 2 heterocycles. The quantitative estimate of drug-likeness (QED) is 0.724. The number of rotatable bonds is 5. The lowest BCUT2D eigenvalue weighted by Crippen LogP contribution is -2.49. The minimum Gasteiger partial charge on any atom is -0.460 e. The standard InChI is InChI=1S/C24H26FN3O4/c1-16(29)26-15-19-14-20(24(31)32-19)18-7-8-22(21(25)13-18)27-9-11-28(12-10-27)23(30)17-5-3-2-4-6-17/h2-8,13,19-20H,9-12,14-15H2,1H3,(H,26,29)/t19?,20-/m1/s1. The zero-order chi connectivity index (χ0) is 22.7. The summed E-state index contributed by atoms with van der Waals surface area (Å²) in [5.41, 5.74) is 1.68. The summed E-state index contributed by atoms with van der Waals surface area (Å²) in [4.78, 5) is 39.6. The van der Waals surface area contributed by atoms with Crippen molar-refractivity contribution < 1.29 is 23.5 Å². The fourth-order valence-electron chi connectivity index (χ4n) is 4.22. The van der Waals surface area contributed by atoms with Gasteiger partial charge >= 0.3 is 5.97 Å². The molecular formula is C24H26FN3O4. The Morgan fingerprint density at radius 1 is 1.09 bits per heavy atom. The van der Waals surface area contributed by atoms with Gasteiger partial charge in [0.05, 0.1) is 18.2 Å². The number of esters is 1. The first-order chi connectivity index (χ1) is 15.4. The van der Waals surface area contributed by atoms with Gasteiger partial charge in [-0.3, -0.25) is 14.4 Å². The van der Waals surface area contributed by atoms with Crippen molar-refractivity contribution >= 4 is 23.5 Å². The second kappa shape index (κ2) is 9.38. The number of carbonyl (C=O) groups excluding carboxylic acids is 3. The largest absolute Gasteiger partial charge is 0.460 e. The molecule has 0 spiro atoms. The van der Waals surface area contributed by atoms with Gasteiger partial charge in [-0.1, -0.05) is 24.3 Å². The fourth-order valence-corrected chi connectivity index (χ4v) is 4.22. The second-order valence-corrected chi connectivity index (χ2v) is 8.14. The number of amides is 2. The predicted octanol–water partition coefficient (Wildman–Crippen LogP) is 2.32. The Kier molecular flexibility index (Phi) is 6.39. The molecule has 1 unspecified atom stereocenters. The number of cyclic esters (lactones) is 1. The van der Waals surface area contributed by atoms with E-state index in [1.165, 1.54) is 13.0 Å². The van der Waals surface area contributed by atoms with E-state index in [4.69, 9.17) is 4.74 Å². The van der Waals surface area contributed by atoms with Crippen molar-refractivity contribution in [3.63, 3.8) is 0 Å². The van der Waals surface area contributed by atoms with E-state index in [9.17, 15) is 18.8 Å². The van der Waals surface area contributed by atoms with E-state index in [0.29, 0.717) is 49.4 Å². The van der Waals surface area contributed by atoms with E-state index < -0.39 is 23.8 Å². The SMILES string of the molecule is CC(=O)NCC1C[C@H](c2ccc(N3CCN(C(=O)c4ccccc4)CC3)c(F)c2)C(=O)O1. The molecule has 2 aromatic carbocycles. The number of carbonyl (C=O) groups is 3. The number of nitrogens with zero attached hydrogens (tertiary/aromatic N) is 2. The summed E-state index contributed by atoms with van der Waals surface area (Å²) in [6.45, 7) is 3.73. The Hall–Kier alpha value is -3.42. The molecule has 32 heavy (non-hydrogen) atoms. The molecule has 7 nitrogen and oxygen atoms in total. The van der Waals surface area contributed by atoms with Crippen LogP contribution < -0.4 is 10.2 Å². The first-order valence-corrected chi connectivity index (χ1v) is 10.8. The summed E-state index contributed by atoms with van der Waals surface area (Å²) in [7, 11) is 0. The van der Waals surface area contributed by atoms with Crippen LogP contribution in [0.4, 0.5) is 10.1 Å². The van der Waals surface area contributed by atoms with Gasteiger partial charge in [0.2, 0.25) is 5.91 Å². The molecule has 2 atom stereocenters. The molecule has 8 heteroatoms. The van der Waals surface area contributed by atoms with Crippen LogP contribution >= 0.6 is 0 Å². The summed E-state index contributed by atoms with van der Waals surface area (Å²) in [6, 6.07) is 14.0. The fraction of sp³-hybridized carbons (Fsp3) is 0.375. The van der Waals surface area contributed by atoms with Crippen molar-refractivity contribution in [3.05, 3.63) is 65.5 Å². The van der Waals surface area contributed by atoms with Crippen LogP contribution in [0, 0.1) is 5.82 Å². The van der Waals surface area contributed by atoms with Gasteiger partial charge in [0, 0.05) is 45.1 Å². The first kappa shape index (κ1) is 21.8. The molecule has 2 amide bonds. The third-order valence-electron chi connectivity index (χ3n) is 5.95. The molecule has 2 aromatic rings. The van der Waals surface area contributed by atoms with E-state index in [1.807, 2.05) is 23.1 Å². The maximum Gasteiger partial charge on any atom is 0.313 e. The Morgan fingerprint density at radius 2 is 1.81 bits per heavy atom. The lowest BCUT2D eigenvalue weighted by molar-refractivity contribution is -0.142. The highest BCUT2D eigenvalue weighted by Crippen LogP contribution is 2.33. The maximum absolute atomic E-state index is 15.0. The van der Waals surface area contributed by atoms with Crippen LogP contribution in [0.1, 0.15) is 35.2 Å². The second-order valence-electron chi connectivity index (χ2n) is 8.14.